The Morgan fingerprint density at radius 2 is 1.95 bits per heavy atom. The van der Waals surface area contributed by atoms with E-state index >= 15 is 0 Å². The van der Waals surface area contributed by atoms with Gasteiger partial charge in [0.2, 0.25) is 5.28 Å². The summed E-state index contributed by atoms with van der Waals surface area (Å²) in [6.07, 6.45) is 3.22. The van der Waals surface area contributed by atoms with E-state index in [0.717, 1.165) is 0 Å². The highest BCUT2D eigenvalue weighted by molar-refractivity contribution is 6.30. The van der Waals surface area contributed by atoms with Crippen molar-refractivity contribution in [1.29, 1.82) is 0 Å². The van der Waals surface area contributed by atoms with Crippen LogP contribution in [0.1, 0.15) is 0 Å². The largest absolute Gasteiger partial charge is 0.255 e. The lowest BCUT2D eigenvalue weighted by molar-refractivity contribution is 0.629. The van der Waals surface area contributed by atoms with Crippen molar-refractivity contribution in [2.45, 2.75) is 0 Å². The van der Waals surface area contributed by atoms with Crippen LogP contribution in [0.15, 0.2) is 36.7 Å². The van der Waals surface area contributed by atoms with E-state index in [4.69, 9.17) is 23.2 Å². The summed E-state index contributed by atoms with van der Waals surface area (Å²) in [6, 6.07) is 5.92. The van der Waals surface area contributed by atoms with E-state index in [2.05, 4.69) is 20.1 Å². The van der Waals surface area contributed by atoms with Crippen molar-refractivity contribution in [3.05, 3.63) is 52.8 Å². The second kappa shape index (κ2) is 5.15. The van der Waals surface area contributed by atoms with Crippen molar-refractivity contribution >= 4 is 23.2 Å². The third-order valence-corrected chi connectivity index (χ3v) is 2.88. The van der Waals surface area contributed by atoms with Gasteiger partial charge in [0.25, 0.3) is 5.95 Å². The Bertz CT molecular complexity index is 761. The molecule has 2 heterocycles. The Labute approximate surface area is 123 Å². The smallest absolute Gasteiger partial charge is 0.206 e. The Kier molecular flexibility index (Phi) is 3.33. The lowest BCUT2D eigenvalue weighted by Crippen LogP contribution is -2.05. The number of rotatable bonds is 2. The van der Waals surface area contributed by atoms with Gasteiger partial charge in [0.05, 0.1) is 5.56 Å². The second-order valence-electron chi connectivity index (χ2n) is 3.80. The molecular formula is C12H6Cl2FN5. The Morgan fingerprint density at radius 1 is 1.10 bits per heavy atom. The highest BCUT2D eigenvalue weighted by atomic mass is 35.5. The summed E-state index contributed by atoms with van der Waals surface area (Å²) in [4.78, 5) is 12.0. The zero-order valence-electron chi connectivity index (χ0n) is 9.83. The van der Waals surface area contributed by atoms with E-state index < -0.39 is 5.82 Å². The van der Waals surface area contributed by atoms with Crippen molar-refractivity contribution in [3.8, 4) is 17.3 Å². The normalized spacial score (nSPS) is 10.8. The zero-order valence-corrected chi connectivity index (χ0v) is 11.3. The summed E-state index contributed by atoms with van der Waals surface area (Å²) < 4.78 is 15.3. The molecule has 1 aromatic carbocycles. The van der Waals surface area contributed by atoms with Gasteiger partial charge in [-0.25, -0.2) is 9.07 Å². The molecule has 2 aromatic heterocycles. The van der Waals surface area contributed by atoms with Gasteiger partial charge in [0.15, 0.2) is 5.82 Å². The molecule has 0 aliphatic heterocycles. The molecule has 0 aliphatic rings. The molecule has 3 aromatic rings. The Hall–Kier alpha value is -2.05. The molecule has 3 rings (SSSR count). The molecule has 0 N–H and O–H groups in total. The van der Waals surface area contributed by atoms with Gasteiger partial charge in [-0.3, -0.25) is 0 Å². The first-order valence-corrected chi connectivity index (χ1v) is 6.26. The molecule has 5 nitrogen and oxygen atoms in total. The molecule has 0 spiro atoms. The van der Waals surface area contributed by atoms with Gasteiger partial charge in [-0.2, -0.15) is 20.1 Å². The molecular weight excluding hydrogens is 304 g/mol. The molecule has 0 atom stereocenters. The number of nitrogens with zero attached hydrogens (tertiary/aromatic N) is 5. The standard InChI is InChI=1S/C12H6Cl2FN5/c13-7-2-3-8(9(15)6-7)10-17-11(14)19-12(18-10)20-5-1-4-16-20/h1-6H. The van der Waals surface area contributed by atoms with Crippen LogP contribution in [0.4, 0.5) is 4.39 Å². The molecule has 100 valence electrons. The maximum absolute atomic E-state index is 13.9. The highest BCUT2D eigenvalue weighted by Gasteiger charge is 2.13. The van der Waals surface area contributed by atoms with Crippen LogP contribution in [0.25, 0.3) is 17.3 Å². The fourth-order valence-corrected chi connectivity index (χ4v) is 1.93. The zero-order chi connectivity index (χ0) is 14.1. The van der Waals surface area contributed by atoms with Crippen LogP contribution in [0.3, 0.4) is 0 Å². The number of hydrogen-bond donors (Lipinski definition) is 0. The quantitative estimate of drug-likeness (QED) is 0.729. The van der Waals surface area contributed by atoms with Crippen LogP contribution in [-0.2, 0) is 0 Å². The summed E-state index contributed by atoms with van der Waals surface area (Å²) in [7, 11) is 0. The van der Waals surface area contributed by atoms with Gasteiger partial charge in [0.1, 0.15) is 5.82 Å². The predicted molar refractivity (Wildman–Crippen MR) is 72.4 cm³/mol. The fourth-order valence-electron chi connectivity index (χ4n) is 1.62. The lowest BCUT2D eigenvalue weighted by atomic mass is 10.2. The molecule has 0 radical (unpaired) electrons. The molecule has 0 fully saturated rings. The van der Waals surface area contributed by atoms with Gasteiger partial charge in [-0.15, -0.1) is 0 Å². The second-order valence-corrected chi connectivity index (χ2v) is 4.58. The minimum atomic E-state index is -0.536. The summed E-state index contributed by atoms with van der Waals surface area (Å²) in [6.45, 7) is 0. The van der Waals surface area contributed by atoms with Crippen molar-refractivity contribution in [3.63, 3.8) is 0 Å². The van der Waals surface area contributed by atoms with Gasteiger partial charge in [0, 0.05) is 17.4 Å². The third kappa shape index (κ3) is 2.48. The van der Waals surface area contributed by atoms with Gasteiger partial charge in [-0.1, -0.05) is 11.6 Å². The van der Waals surface area contributed by atoms with E-state index in [1.54, 1.807) is 24.5 Å². The SMILES string of the molecule is Fc1cc(Cl)ccc1-c1nc(Cl)nc(-n2cccn2)n1. The topological polar surface area (TPSA) is 56.5 Å². The average molecular weight is 310 g/mol. The predicted octanol–water partition coefficient (Wildman–Crippen LogP) is 3.17. The van der Waals surface area contributed by atoms with Gasteiger partial charge >= 0.3 is 0 Å². The van der Waals surface area contributed by atoms with Gasteiger partial charge in [-0.05, 0) is 35.9 Å². The monoisotopic (exact) mass is 309 g/mol. The van der Waals surface area contributed by atoms with E-state index in [9.17, 15) is 4.39 Å². The molecule has 0 amide bonds. The molecule has 0 aliphatic carbocycles. The average Bonchev–Trinajstić information content (AvgIpc) is 2.91. The van der Waals surface area contributed by atoms with Crippen LogP contribution in [-0.4, -0.2) is 24.7 Å². The maximum atomic E-state index is 13.9. The Morgan fingerprint density at radius 3 is 2.65 bits per heavy atom. The number of hydrogen-bond acceptors (Lipinski definition) is 4. The molecule has 0 bridgehead atoms. The minimum Gasteiger partial charge on any atom is -0.206 e. The van der Waals surface area contributed by atoms with Crippen LogP contribution < -0.4 is 0 Å². The van der Waals surface area contributed by atoms with E-state index in [1.807, 2.05) is 0 Å². The van der Waals surface area contributed by atoms with Crippen LogP contribution in [0.2, 0.25) is 10.3 Å². The van der Waals surface area contributed by atoms with E-state index in [1.165, 1.54) is 16.8 Å². The molecule has 0 saturated heterocycles. The highest BCUT2D eigenvalue weighted by Crippen LogP contribution is 2.23. The van der Waals surface area contributed by atoms with E-state index in [-0.39, 0.29) is 22.6 Å². The minimum absolute atomic E-state index is 0.0464. The third-order valence-electron chi connectivity index (χ3n) is 2.48. The first kappa shape index (κ1) is 13.0. The van der Waals surface area contributed by atoms with Gasteiger partial charge < -0.3 is 0 Å². The summed E-state index contributed by atoms with van der Waals surface area (Å²) in [5, 5.41) is 4.23. The number of halogens is 3. The molecule has 0 unspecified atom stereocenters. The summed E-state index contributed by atoms with van der Waals surface area (Å²) in [5.74, 6) is -0.213. The first-order valence-electron chi connectivity index (χ1n) is 5.50. The van der Waals surface area contributed by atoms with E-state index in [0.29, 0.717) is 5.02 Å². The Balaban J connectivity index is 2.14. The molecule has 8 heteroatoms. The first-order chi connectivity index (χ1) is 9.63. The fraction of sp³-hybridized carbons (Fsp3) is 0. The summed E-state index contributed by atoms with van der Waals surface area (Å²) >= 11 is 11.6. The number of benzene rings is 1. The van der Waals surface area contributed by atoms with Crippen molar-refractivity contribution < 1.29 is 4.39 Å². The van der Waals surface area contributed by atoms with Crippen LogP contribution >= 0.6 is 23.2 Å². The summed E-state index contributed by atoms with van der Waals surface area (Å²) in [5.41, 5.74) is 0.187. The molecule has 0 saturated carbocycles. The van der Waals surface area contributed by atoms with Crippen LogP contribution in [0.5, 0.6) is 0 Å². The van der Waals surface area contributed by atoms with Crippen LogP contribution in [0, 0.1) is 5.82 Å². The van der Waals surface area contributed by atoms with Crippen molar-refractivity contribution in [2.75, 3.05) is 0 Å². The lowest BCUT2D eigenvalue weighted by Gasteiger charge is -2.05. The molecule has 20 heavy (non-hydrogen) atoms. The maximum Gasteiger partial charge on any atom is 0.255 e. The number of aromatic nitrogens is 5. The van der Waals surface area contributed by atoms with Crippen molar-refractivity contribution in [1.82, 2.24) is 24.7 Å². The van der Waals surface area contributed by atoms with Crippen molar-refractivity contribution in [2.24, 2.45) is 0 Å².